The Morgan fingerprint density at radius 1 is 1.00 bits per heavy atom. The van der Waals surface area contributed by atoms with E-state index in [1.54, 1.807) is 6.08 Å². The maximum absolute atomic E-state index is 12.7. The minimum absolute atomic E-state index is 0.0621. The average Bonchev–Trinajstić information content (AvgIpc) is 3.49. The highest BCUT2D eigenvalue weighted by atomic mass is 16.3. The molecule has 1 aliphatic heterocycles. The lowest BCUT2D eigenvalue weighted by Gasteiger charge is -2.32. The van der Waals surface area contributed by atoms with E-state index in [-0.39, 0.29) is 11.9 Å². The molecule has 6 rings (SSSR count). The van der Waals surface area contributed by atoms with Gasteiger partial charge in [-0.05, 0) is 56.0 Å². The van der Waals surface area contributed by atoms with E-state index in [0.717, 1.165) is 54.2 Å². The summed E-state index contributed by atoms with van der Waals surface area (Å²) < 4.78 is 7.92. The van der Waals surface area contributed by atoms with E-state index in [9.17, 15) is 4.79 Å². The highest BCUT2D eigenvalue weighted by molar-refractivity contribution is 5.93. The first-order chi connectivity index (χ1) is 16.7. The van der Waals surface area contributed by atoms with Crippen molar-refractivity contribution in [1.29, 1.82) is 0 Å². The van der Waals surface area contributed by atoms with Gasteiger partial charge in [-0.25, -0.2) is 4.68 Å². The van der Waals surface area contributed by atoms with Crippen LogP contribution in [0.5, 0.6) is 0 Å². The van der Waals surface area contributed by atoms with Crippen LogP contribution < -0.4 is 5.32 Å². The van der Waals surface area contributed by atoms with Crippen LogP contribution in [-0.2, 0) is 4.79 Å². The Balaban J connectivity index is 1.23. The summed E-state index contributed by atoms with van der Waals surface area (Å²) in [5.41, 5.74) is 3.31. The van der Waals surface area contributed by atoms with Crippen LogP contribution in [0, 0.1) is 0 Å². The van der Waals surface area contributed by atoms with Gasteiger partial charge in [0.25, 0.3) is 0 Å². The number of rotatable bonds is 6. The van der Waals surface area contributed by atoms with Gasteiger partial charge in [0, 0.05) is 48.4 Å². The van der Waals surface area contributed by atoms with E-state index in [1.807, 2.05) is 77.6 Å². The van der Waals surface area contributed by atoms with E-state index in [2.05, 4.69) is 10.2 Å². The van der Waals surface area contributed by atoms with Gasteiger partial charge in [-0.15, -0.1) is 0 Å². The largest absolute Gasteiger partial charge is 0.454 e. The highest BCUT2D eigenvalue weighted by Gasteiger charge is 2.31. The Hall–Kier alpha value is -3.64. The number of hydrogen-bond acceptors (Lipinski definition) is 4. The molecule has 0 spiro atoms. The van der Waals surface area contributed by atoms with Crippen molar-refractivity contribution in [3.8, 4) is 17.1 Å². The van der Waals surface area contributed by atoms with Crippen LogP contribution in [0.1, 0.15) is 31.2 Å². The lowest BCUT2D eigenvalue weighted by atomic mass is 10.0. The van der Waals surface area contributed by atoms with Crippen LogP contribution in [0.3, 0.4) is 0 Å². The number of furan rings is 1. The fourth-order valence-corrected chi connectivity index (χ4v) is 4.78. The number of hydrogen-bond donors (Lipinski definition) is 1. The van der Waals surface area contributed by atoms with E-state index >= 15 is 0 Å². The van der Waals surface area contributed by atoms with Gasteiger partial charge in [-0.3, -0.25) is 4.79 Å². The third-order valence-corrected chi connectivity index (χ3v) is 6.78. The quantitative estimate of drug-likeness (QED) is 0.416. The summed E-state index contributed by atoms with van der Waals surface area (Å²) >= 11 is 0. The van der Waals surface area contributed by atoms with Gasteiger partial charge >= 0.3 is 0 Å². The summed E-state index contributed by atoms with van der Waals surface area (Å²) in [6.07, 6.45) is 10.1. The molecule has 0 bridgehead atoms. The van der Waals surface area contributed by atoms with Gasteiger partial charge in [0.2, 0.25) is 5.91 Å². The molecule has 1 saturated heterocycles. The van der Waals surface area contributed by atoms with E-state index in [0.29, 0.717) is 11.5 Å². The topological polar surface area (TPSA) is 63.3 Å². The minimum Gasteiger partial charge on any atom is -0.454 e. The number of nitrogens with one attached hydrogen (secondary N) is 1. The van der Waals surface area contributed by atoms with Crippen LogP contribution in [0.15, 0.2) is 77.4 Å². The zero-order valence-electron chi connectivity index (χ0n) is 19.1. The second-order valence-corrected chi connectivity index (χ2v) is 9.24. The second kappa shape index (κ2) is 8.95. The number of benzene rings is 2. The number of para-hydroxylation sites is 2. The zero-order valence-corrected chi connectivity index (χ0v) is 19.1. The first-order valence-corrected chi connectivity index (χ1v) is 12.1. The lowest BCUT2D eigenvalue weighted by Crippen LogP contribution is -2.44. The number of amides is 1. The Kier molecular flexibility index (Phi) is 5.51. The molecule has 1 N–H and O–H groups in total. The molecule has 2 aliphatic rings. The number of carbonyl (C=O) groups excluding carboxylic acids is 1. The molecule has 172 valence electrons. The number of carbonyl (C=O) groups is 1. The van der Waals surface area contributed by atoms with Crippen LogP contribution in [0.25, 0.3) is 34.2 Å². The van der Waals surface area contributed by atoms with Crippen molar-refractivity contribution in [2.75, 3.05) is 13.1 Å². The summed E-state index contributed by atoms with van der Waals surface area (Å²) in [5.74, 6) is 0.622. The molecule has 1 saturated carbocycles. The van der Waals surface area contributed by atoms with Gasteiger partial charge in [0.15, 0.2) is 5.76 Å². The molecule has 1 amide bonds. The Labute approximate surface area is 198 Å². The summed E-state index contributed by atoms with van der Waals surface area (Å²) in [4.78, 5) is 15.3. The number of aromatic nitrogens is 2. The molecule has 3 heterocycles. The van der Waals surface area contributed by atoms with Crippen LogP contribution in [0.4, 0.5) is 0 Å². The summed E-state index contributed by atoms with van der Waals surface area (Å²) in [6, 6.07) is 20.9. The average molecular weight is 453 g/mol. The van der Waals surface area contributed by atoms with Crippen LogP contribution >= 0.6 is 0 Å². The predicted octanol–water partition coefficient (Wildman–Crippen LogP) is 5.04. The third kappa shape index (κ3) is 4.41. The minimum atomic E-state index is -0.0621. The molecule has 2 aromatic carbocycles. The maximum atomic E-state index is 12.7. The number of piperidine rings is 1. The first kappa shape index (κ1) is 20.9. The van der Waals surface area contributed by atoms with Crippen LogP contribution in [-0.4, -0.2) is 45.8 Å². The molecule has 0 unspecified atom stereocenters. The Morgan fingerprint density at radius 3 is 2.53 bits per heavy atom. The fourth-order valence-electron chi connectivity index (χ4n) is 4.78. The van der Waals surface area contributed by atoms with Crippen molar-refractivity contribution >= 4 is 23.0 Å². The van der Waals surface area contributed by atoms with Crippen molar-refractivity contribution in [3.05, 3.63) is 78.5 Å². The predicted molar refractivity (Wildman–Crippen MR) is 134 cm³/mol. The summed E-state index contributed by atoms with van der Waals surface area (Å²) in [7, 11) is 0. The molecular formula is C28H28N4O2. The Morgan fingerprint density at radius 2 is 1.76 bits per heavy atom. The molecule has 6 heteroatoms. The van der Waals surface area contributed by atoms with Gasteiger partial charge < -0.3 is 14.6 Å². The summed E-state index contributed by atoms with van der Waals surface area (Å²) in [6.45, 7) is 2.17. The molecule has 6 nitrogen and oxygen atoms in total. The van der Waals surface area contributed by atoms with E-state index < -0.39 is 0 Å². The molecule has 1 aliphatic carbocycles. The molecule has 0 atom stereocenters. The number of likely N-dealkylation sites (tertiary alicyclic amines) is 1. The molecule has 0 radical (unpaired) electrons. The molecule has 2 fully saturated rings. The molecule has 2 aromatic heterocycles. The van der Waals surface area contributed by atoms with Crippen molar-refractivity contribution in [3.63, 3.8) is 0 Å². The highest BCUT2D eigenvalue weighted by Crippen LogP contribution is 2.31. The van der Waals surface area contributed by atoms with Crippen molar-refractivity contribution < 1.29 is 9.21 Å². The summed E-state index contributed by atoms with van der Waals surface area (Å²) in [5, 5.41) is 9.01. The second-order valence-electron chi connectivity index (χ2n) is 9.24. The first-order valence-electron chi connectivity index (χ1n) is 12.1. The lowest BCUT2D eigenvalue weighted by molar-refractivity contribution is -0.117. The Bertz CT molecular complexity index is 1290. The number of fused-ring (bicyclic) bond motifs is 1. The smallest absolute Gasteiger partial charge is 0.244 e. The van der Waals surface area contributed by atoms with Gasteiger partial charge in [0.05, 0.1) is 5.69 Å². The van der Waals surface area contributed by atoms with E-state index in [4.69, 9.17) is 9.52 Å². The van der Waals surface area contributed by atoms with Gasteiger partial charge in [-0.1, -0.05) is 36.4 Å². The third-order valence-electron chi connectivity index (χ3n) is 6.78. The van der Waals surface area contributed by atoms with E-state index in [1.165, 1.54) is 12.8 Å². The standard InChI is InChI=1S/C28H28N4O2/c33-27(29-22-14-16-31(17-15-22)23-11-12-23)13-10-21-19-32(24-7-2-1-3-8-24)30-28(21)26-18-20-6-4-5-9-25(20)34-26/h1-10,13,18-19,22-23H,11-12,14-17H2,(H,29,33). The monoisotopic (exact) mass is 452 g/mol. The maximum Gasteiger partial charge on any atom is 0.244 e. The van der Waals surface area contributed by atoms with Gasteiger partial charge in [0.1, 0.15) is 11.3 Å². The van der Waals surface area contributed by atoms with Crippen molar-refractivity contribution in [1.82, 2.24) is 20.0 Å². The zero-order chi connectivity index (χ0) is 22.9. The number of nitrogens with zero attached hydrogens (tertiary/aromatic N) is 3. The van der Waals surface area contributed by atoms with Gasteiger partial charge in [-0.2, -0.15) is 5.10 Å². The molecular weight excluding hydrogens is 424 g/mol. The SMILES string of the molecule is O=C(C=Cc1cn(-c2ccccc2)nc1-c1cc2ccccc2o1)NC1CCN(C2CC2)CC1. The normalized spacial score (nSPS) is 17.5. The molecule has 34 heavy (non-hydrogen) atoms. The van der Waals surface area contributed by atoms with Crippen molar-refractivity contribution in [2.24, 2.45) is 0 Å². The fraction of sp³-hybridized carbons (Fsp3) is 0.286. The van der Waals surface area contributed by atoms with Crippen molar-refractivity contribution in [2.45, 2.75) is 37.8 Å². The molecule has 4 aromatic rings. The van der Waals surface area contributed by atoms with Crippen LogP contribution in [0.2, 0.25) is 0 Å².